The third-order valence-corrected chi connectivity index (χ3v) is 2.38. The summed E-state index contributed by atoms with van der Waals surface area (Å²) in [4.78, 5) is 15.8. The molecule has 1 aromatic heterocycles. The Hall–Kier alpha value is -2.43. The zero-order chi connectivity index (χ0) is 13.1. The van der Waals surface area contributed by atoms with E-state index in [1.807, 2.05) is 6.92 Å². The van der Waals surface area contributed by atoms with Crippen molar-refractivity contribution >= 4 is 17.3 Å². The van der Waals surface area contributed by atoms with E-state index in [1.54, 1.807) is 12.3 Å². The van der Waals surface area contributed by atoms with Gasteiger partial charge < -0.3 is 11.1 Å². The Balaban J connectivity index is 2.24. The van der Waals surface area contributed by atoms with Crippen molar-refractivity contribution in [1.29, 1.82) is 0 Å². The van der Waals surface area contributed by atoms with Gasteiger partial charge in [0.05, 0.1) is 11.3 Å². The molecule has 0 saturated carbocycles. The molecule has 0 aliphatic heterocycles. The van der Waals surface area contributed by atoms with Crippen LogP contribution in [-0.4, -0.2) is 10.9 Å². The molecule has 1 aromatic carbocycles. The summed E-state index contributed by atoms with van der Waals surface area (Å²) in [7, 11) is 0. The monoisotopic (exact) mass is 245 g/mol. The molecule has 5 heteroatoms. The number of anilines is 2. The number of hydrogen-bond acceptors (Lipinski definition) is 3. The predicted octanol–water partition coefficient (Wildman–Crippen LogP) is 2.36. The van der Waals surface area contributed by atoms with Crippen LogP contribution >= 0.6 is 0 Å². The van der Waals surface area contributed by atoms with Crippen LogP contribution in [-0.2, 0) is 0 Å². The minimum absolute atomic E-state index is 0.0570. The SMILES string of the molecule is Cc1cncc(C(=O)Nc2cc(N)ccc2F)c1. The van der Waals surface area contributed by atoms with E-state index in [-0.39, 0.29) is 5.69 Å². The van der Waals surface area contributed by atoms with E-state index < -0.39 is 11.7 Å². The van der Waals surface area contributed by atoms with Gasteiger partial charge >= 0.3 is 0 Å². The Morgan fingerprint density at radius 2 is 2.11 bits per heavy atom. The van der Waals surface area contributed by atoms with Gasteiger partial charge in [-0.3, -0.25) is 9.78 Å². The van der Waals surface area contributed by atoms with E-state index in [9.17, 15) is 9.18 Å². The Morgan fingerprint density at radius 3 is 2.83 bits per heavy atom. The summed E-state index contributed by atoms with van der Waals surface area (Å²) < 4.78 is 13.4. The average Bonchev–Trinajstić information content (AvgIpc) is 2.34. The lowest BCUT2D eigenvalue weighted by Crippen LogP contribution is -2.13. The van der Waals surface area contributed by atoms with Gasteiger partial charge in [-0.2, -0.15) is 0 Å². The van der Waals surface area contributed by atoms with Crippen molar-refractivity contribution in [3.63, 3.8) is 0 Å². The normalized spacial score (nSPS) is 10.1. The number of pyridine rings is 1. The zero-order valence-electron chi connectivity index (χ0n) is 9.77. The number of halogens is 1. The quantitative estimate of drug-likeness (QED) is 0.798. The van der Waals surface area contributed by atoms with Crippen LogP contribution in [0.3, 0.4) is 0 Å². The molecule has 1 heterocycles. The van der Waals surface area contributed by atoms with Gasteiger partial charge in [-0.1, -0.05) is 0 Å². The maximum atomic E-state index is 13.4. The number of nitrogen functional groups attached to an aromatic ring is 1. The molecule has 0 unspecified atom stereocenters. The molecule has 0 radical (unpaired) electrons. The number of carbonyl (C=O) groups is 1. The van der Waals surface area contributed by atoms with Gasteiger partial charge in [-0.05, 0) is 36.8 Å². The number of nitrogens with two attached hydrogens (primary N) is 1. The Morgan fingerprint density at radius 1 is 1.33 bits per heavy atom. The molecule has 0 saturated heterocycles. The molecule has 1 amide bonds. The first kappa shape index (κ1) is 12.0. The molecule has 0 aliphatic carbocycles. The van der Waals surface area contributed by atoms with Crippen LogP contribution in [0.2, 0.25) is 0 Å². The van der Waals surface area contributed by atoms with Crippen molar-refractivity contribution in [2.75, 3.05) is 11.1 Å². The zero-order valence-corrected chi connectivity index (χ0v) is 9.77. The summed E-state index contributed by atoms with van der Waals surface area (Å²) in [5.41, 5.74) is 7.21. The highest BCUT2D eigenvalue weighted by atomic mass is 19.1. The molecule has 0 aliphatic rings. The van der Waals surface area contributed by atoms with E-state index >= 15 is 0 Å². The van der Waals surface area contributed by atoms with Crippen molar-refractivity contribution < 1.29 is 9.18 Å². The van der Waals surface area contributed by atoms with Crippen molar-refractivity contribution in [2.24, 2.45) is 0 Å². The molecule has 92 valence electrons. The van der Waals surface area contributed by atoms with Crippen LogP contribution in [0.25, 0.3) is 0 Å². The standard InChI is InChI=1S/C13H12FN3O/c1-8-4-9(7-16-6-8)13(18)17-12-5-10(15)2-3-11(12)14/h2-7H,15H2,1H3,(H,17,18). The van der Waals surface area contributed by atoms with Crippen molar-refractivity contribution in [3.05, 3.63) is 53.6 Å². The summed E-state index contributed by atoms with van der Waals surface area (Å²) in [6.45, 7) is 1.82. The van der Waals surface area contributed by atoms with Crippen LogP contribution < -0.4 is 11.1 Å². The van der Waals surface area contributed by atoms with Gasteiger partial charge in [-0.15, -0.1) is 0 Å². The average molecular weight is 245 g/mol. The lowest BCUT2D eigenvalue weighted by atomic mass is 10.2. The van der Waals surface area contributed by atoms with E-state index in [2.05, 4.69) is 10.3 Å². The summed E-state index contributed by atoms with van der Waals surface area (Å²) in [6.07, 6.45) is 3.06. The summed E-state index contributed by atoms with van der Waals surface area (Å²) in [6, 6.07) is 5.68. The Bertz CT molecular complexity index is 599. The van der Waals surface area contributed by atoms with Crippen LogP contribution in [0.15, 0.2) is 36.7 Å². The number of aromatic nitrogens is 1. The molecule has 2 rings (SSSR count). The number of nitrogens with zero attached hydrogens (tertiary/aromatic N) is 1. The fraction of sp³-hybridized carbons (Fsp3) is 0.0769. The van der Waals surface area contributed by atoms with Crippen LogP contribution in [0.1, 0.15) is 15.9 Å². The highest BCUT2D eigenvalue weighted by Gasteiger charge is 2.10. The maximum Gasteiger partial charge on any atom is 0.257 e. The number of rotatable bonds is 2. The molecule has 18 heavy (non-hydrogen) atoms. The molecular weight excluding hydrogens is 233 g/mol. The molecule has 2 aromatic rings. The smallest absolute Gasteiger partial charge is 0.257 e. The first-order valence-corrected chi connectivity index (χ1v) is 5.34. The maximum absolute atomic E-state index is 13.4. The molecule has 0 fully saturated rings. The molecule has 0 spiro atoms. The Kier molecular flexibility index (Phi) is 3.23. The van der Waals surface area contributed by atoms with E-state index in [0.717, 1.165) is 5.56 Å². The Labute approximate surface area is 104 Å². The van der Waals surface area contributed by atoms with E-state index in [4.69, 9.17) is 5.73 Å². The molecule has 4 nitrogen and oxygen atoms in total. The number of amides is 1. The van der Waals surface area contributed by atoms with Crippen molar-refractivity contribution in [3.8, 4) is 0 Å². The first-order valence-electron chi connectivity index (χ1n) is 5.34. The lowest BCUT2D eigenvalue weighted by Gasteiger charge is -2.07. The van der Waals surface area contributed by atoms with Crippen LogP contribution in [0.5, 0.6) is 0 Å². The minimum Gasteiger partial charge on any atom is -0.399 e. The molecular formula is C13H12FN3O. The number of nitrogens with one attached hydrogen (secondary N) is 1. The second kappa shape index (κ2) is 4.83. The largest absolute Gasteiger partial charge is 0.399 e. The highest BCUT2D eigenvalue weighted by Crippen LogP contribution is 2.18. The van der Waals surface area contributed by atoms with Gasteiger partial charge in [0.25, 0.3) is 5.91 Å². The van der Waals surface area contributed by atoms with Gasteiger partial charge in [0.1, 0.15) is 5.82 Å². The molecule has 3 N–H and O–H groups in total. The van der Waals surface area contributed by atoms with Gasteiger partial charge in [0.15, 0.2) is 0 Å². The van der Waals surface area contributed by atoms with Gasteiger partial charge in [-0.25, -0.2) is 4.39 Å². The number of carbonyl (C=O) groups excluding carboxylic acids is 1. The van der Waals surface area contributed by atoms with Crippen LogP contribution in [0, 0.1) is 12.7 Å². The summed E-state index contributed by atoms with van der Waals surface area (Å²) in [5.74, 6) is -0.950. The van der Waals surface area contributed by atoms with Crippen LogP contribution in [0.4, 0.5) is 15.8 Å². The second-order valence-corrected chi connectivity index (χ2v) is 3.94. The number of benzene rings is 1. The third kappa shape index (κ3) is 2.63. The first-order chi connectivity index (χ1) is 8.56. The fourth-order valence-corrected chi connectivity index (χ4v) is 1.51. The van der Waals surface area contributed by atoms with E-state index in [0.29, 0.717) is 11.3 Å². The number of hydrogen-bond donors (Lipinski definition) is 2. The number of aryl methyl sites for hydroxylation is 1. The predicted molar refractivity (Wildman–Crippen MR) is 67.7 cm³/mol. The third-order valence-electron chi connectivity index (χ3n) is 2.38. The summed E-state index contributed by atoms with van der Waals surface area (Å²) >= 11 is 0. The summed E-state index contributed by atoms with van der Waals surface area (Å²) in [5, 5.41) is 2.46. The van der Waals surface area contributed by atoms with Crippen molar-refractivity contribution in [2.45, 2.75) is 6.92 Å². The lowest BCUT2D eigenvalue weighted by molar-refractivity contribution is 0.102. The highest BCUT2D eigenvalue weighted by molar-refractivity contribution is 6.04. The van der Waals surface area contributed by atoms with Crippen molar-refractivity contribution in [1.82, 2.24) is 4.98 Å². The fourth-order valence-electron chi connectivity index (χ4n) is 1.51. The molecule has 0 bridgehead atoms. The second-order valence-electron chi connectivity index (χ2n) is 3.94. The van der Waals surface area contributed by atoms with Gasteiger partial charge in [0.2, 0.25) is 0 Å². The minimum atomic E-state index is -0.529. The topological polar surface area (TPSA) is 68.0 Å². The van der Waals surface area contributed by atoms with Gasteiger partial charge in [0, 0.05) is 18.1 Å². The van der Waals surface area contributed by atoms with E-state index in [1.165, 1.54) is 24.4 Å². The molecule has 0 atom stereocenters.